The topological polar surface area (TPSA) is 51.2 Å². The smallest absolute Gasteiger partial charge is 0.303 e. The minimum Gasteiger partial charge on any atom is -0.457 e. The van der Waals surface area contributed by atoms with Gasteiger partial charge in [-0.3, -0.25) is 9.78 Å². The molecule has 2 heterocycles. The van der Waals surface area contributed by atoms with Crippen LogP contribution in [0.4, 0.5) is 0 Å². The molecule has 1 aromatic heterocycles. The second-order valence-electron chi connectivity index (χ2n) is 4.40. The van der Waals surface area contributed by atoms with Crippen molar-refractivity contribution in [3.8, 4) is 0 Å². The van der Waals surface area contributed by atoms with Gasteiger partial charge in [-0.05, 0) is 43.6 Å². The van der Waals surface area contributed by atoms with E-state index in [1.807, 2.05) is 12.1 Å². The summed E-state index contributed by atoms with van der Waals surface area (Å²) < 4.78 is 5.48. The van der Waals surface area contributed by atoms with Gasteiger partial charge < -0.3 is 10.1 Å². The molecule has 92 valence electrons. The second-order valence-corrected chi connectivity index (χ2v) is 4.40. The number of piperidine rings is 1. The Bertz CT molecular complexity index is 361. The maximum absolute atomic E-state index is 11.2. The van der Waals surface area contributed by atoms with Gasteiger partial charge >= 0.3 is 5.97 Å². The van der Waals surface area contributed by atoms with E-state index in [2.05, 4.69) is 10.3 Å². The van der Waals surface area contributed by atoms with Crippen LogP contribution in [0.1, 0.15) is 31.4 Å². The molecule has 0 saturated carbocycles. The van der Waals surface area contributed by atoms with Crippen LogP contribution in [0.2, 0.25) is 0 Å². The van der Waals surface area contributed by atoms with E-state index in [0.29, 0.717) is 5.92 Å². The van der Waals surface area contributed by atoms with E-state index >= 15 is 0 Å². The molecule has 0 aromatic carbocycles. The number of nitrogens with one attached hydrogen (secondary N) is 1. The lowest BCUT2D eigenvalue weighted by Gasteiger charge is -2.30. The van der Waals surface area contributed by atoms with Gasteiger partial charge in [0.1, 0.15) is 6.10 Å². The van der Waals surface area contributed by atoms with Crippen LogP contribution in [0.25, 0.3) is 0 Å². The molecular formula is C13H18N2O2. The lowest BCUT2D eigenvalue weighted by atomic mass is 9.88. The number of carbonyl (C=O) groups excluding carboxylic acids is 1. The van der Waals surface area contributed by atoms with E-state index < -0.39 is 0 Å². The van der Waals surface area contributed by atoms with Crippen molar-refractivity contribution >= 4 is 5.97 Å². The van der Waals surface area contributed by atoms with Crippen LogP contribution >= 0.6 is 0 Å². The monoisotopic (exact) mass is 234 g/mol. The average molecular weight is 234 g/mol. The maximum atomic E-state index is 11.2. The number of hydrogen-bond acceptors (Lipinski definition) is 4. The Balaban J connectivity index is 2.15. The lowest BCUT2D eigenvalue weighted by molar-refractivity contribution is -0.150. The Kier molecular flexibility index (Phi) is 4.09. The first-order valence-corrected chi connectivity index (χ1v) is 6.05. The maximum Gasteiger partial charge on any atom is 0.303 e. The van der Waals surface area contributed by atoms with Crippen molar-refractivity contribution in [2.75, 3.05) is 13.1 Å². The fourth-order valence-electron chi connectivity index (χ4n) is 2.32. The zero-order valence-electron chi connectivity index (χ0n) is 10.1. The van der Waals surface area contributed by atoms with Crippen LogP contribution in [0.3, 0.4) is 0 Å². The molecule has 1 N–H and O–H groups in total. The Morgan fingerprint density at radius 3 is 2.65 bits per heavy atom. The molecule has 0 spiro atoms. The summed E-state index contributed by atoms with van der Waals surface area (Å²) in [4.78, 5) is 15.2. The minimum absolute atomic E-state index is 0.127. The summed E-state index contributed by atoms with van der Waals surface area (Å²) >= 11 is 0. The normalized spacial score (nSPS) is 18.6. The Morgan fingerprint density at radius 2 is 2.06 bits per heavy atom. The van der Waals surface area contributed by atoms with Gasteiger partial charge in [0.25, 0.3) is 0 Å². The van der Waals surface area contributed by atoms with Crippen LogP contribution in [0.15, 0.2) is 24.5 Å². The third kappa shape index (κ3) is 3.27. The molecule has 2 rings (SSSR count). The third-order valence-electron chi connectivity index (χ3n) is 3.14. The molecule has 1 unspecified atom stereocenters. The number of pyridine rings is 1. The highest BCUT2D eigenvalue weighted by atomic mass is 16.5. The van der Waals surface area contributed by atoms with Crippen molar-refractivity contribution < 1.29 is 9.53 Å². The molecule has 1 aromatic rings. The summed E-state index contributed by atoms with van der Waals surface area (Å²) in [6.07, 6.45) is 5.44. The molecule has 4 heteroatoms. The molecule has 4 nitrogen and oxygen atoms in total. The predicted molar refractivity (Wildman–Crippen MR) is 64.3 cm³/mol. The average Bonchev–Trinajstić information content (AvgIpc) is 2.38. The summed E-state index contributed by atoms with van der Waals surface area (Å²) in [5.41, 5.74) is 1.04. The Labute approximate surface area is 101 Å². The van der Waals surface area contributed by atoms with E-state index in [0.717, 1.165) is 31.5 Å². The molecule has 0 bridgehead atoms. The van der Waals surface area contributed by atoms with Crippen LogP contribution in [0, 0.1) is 5.92 Å². The van der Waals surface area contributed by atoms with E-state index in [1.54, 1.807) is 12.4 Å². The van der Waals surface area contributed by atoms with Crippen LogP contribution in [0.5, 0.6) is 0 Å². The first-order chi connectivity index (χ1) is 8.27. The van der Waals surface area contributed by atoms with Gasteiger partial charge in [-0.25, -0.2) is 0 Å². The molecular weight excluding hydrogens is 216 g/mol. The van der Waals surface area contributed by atoms with E-state index in [-0.39, 0.29) is 12.1 Å². The second kappa shape index (κ2) is 5.77. The molecule has 0 amide bonds. The van der Waals surface area contributed by atoms with Crippen molar-refractivity contribution in [2.45, 2.75) is 25.9 Å². The molecule has 1 fully saturated rings. The Hall–Kier alpha value is -1.42. The van der Waals surface area contributed by atoms with E-state index in [4.69, 9.17) is 4.74 Å². The fourth-order valence-corrected chi connectivity index (χ4v) is 2.32. The highest BCUT2D eigenvalue weighted by Gasteiger charge is 2.27. The summed E-state index contributed by atoms with van der Waals surface area (Å²) in [7, 11) is 0. The SMILES string of the molecule is CC(=O)OC(c1ccncc1)C1CCNCC1. The molecule has 1 saturated heterocycles. The van der Waals surface area contributed by atoms with Gasteiger partial charge in [0, 0.05) is 25.2 Å². The highest BCUT2D eigenvalue weighted by Crippen LogP contribution is 2.31. The molecule has 17 heavy (non-hydrogen) atoms. The van der Waals surface area contributed by atoms with Gasteiger partial charge in [-0.1, -0.05) is 0 Å². The van der Waals surface area contributed by atoms with Crippen LogP contribution < -0.4 is 5.32 Å². The molecule has 1 atom stereocenters. The van der Waals surface area contributed by atoms with Crippen LogP contribution in [-0.4, -0.2) is 24.0 Å². The van der Waals surface area contributed by atoms with Gasteiger partial charge in [0.15, 0.2) is 0 Å². The van der Waals surface area contributed by atoms with Crippen molar-refractivity contribution in [1.29, 1.82) is 0 Å². The summed E-state index contributed by atoms with van der Waals surface area (Å²) in [6, 6.07) is 3.85. The van der Waals surface area contributed by atoms with Crippen LogP contribution in [-0.2, 0) is 9.53 Å². The molecule has 1 aliphatic heterocycles. The minimum atomic E-state index is -0.217. The van der Waals surface area contributed by atoms with Crippen molar-refractivity contribution in [3.63, 3.8) is 0 Å². The fraction of sp³-hybridized carbons (Fsp3) is 0.538. The Morgan fingerprint density at radius 1 is 1.41 bits per heavy atom. The van der Waals surface area contributed by atoms with Crippen molar-refractivity contribution in [3.05, 3.63) is 30.1 Å². The number of rotatable bonds is 3. The van der Waals surface area contributed by atoms with Crippen molar-refractivity contribution in [2.24, 2.45) is 5.92 Å². The number of nitrogens with zero attached hydrogens (tertiary/aromatic N) is 1. The van der Waals surface area contributed by atoms with Gasteiger partial charge in [0.05, 0.1) is 0 Å². The number of ether oxygens (including phenoxy) is 1. The predicted octanol–water partition coefficient (Wildman–Crippen LogP) is 1.69. The lowest BCUT2D eigenvalue weighted by Crippen LogP contribution is -2.32. The zero-order chi connectivity index (χ0) is 12.1. The highest BCUT2D eigenvalue weighted by molar-refractivity contribution is 5.66. The van der Waals surface area contributed by atoms with Gasteiger partial charge in [-0.15, -0.1) is 0 Å². The van der Waals surface area contributed by atoms with E-state index in [1.165, 1.54) is 6.92 Å². The number of aromatic nitrogens is 1. The number of carbonyl (C=O) groups is 1. The quantitative estimate of drug-likeness (QED) is 0.808. The van der Waals surface area contributed by atoms with Crippen molar-refractivity contribution in [1.82, 2.24) is 10.3 Å². The summed E-state index contributed by atoms with van der Waals surface area (Å²) in [6.45, 7) is 3.45. The number of esters is 1. The van der Waals surface area contributed by atoms with Gasteiger partial charge in [-0.2, -0.15) is 0 Å². The number of hydrogen-bond donors (Lipinski definition) is 1. The molecule has 0 aliphatic carbocycles. The molecule has 0 radical (unpaired) electrons. The standard InChI is InChI=1S/C13H18N2O2/c1-10(16)17-13(11-2-6-14-7-3-11)12-4-8-15-9-5-12/h2-3,6-7,12-13,15H,4-5,8-9H2,1H3. The first-order valence-electron chi connectivity index (χ1n) is 6.05. The van der Waals surface area contributed by atoms with Gasteiger partial charge in [0.2, 0.25) is 0 Å². The molecule has 1 aliphatic rings. The summed E-state index contributed by atoms with van der Waals surface area (Å²) in [5, 5.41) is 3.32. The largest absolute Gasteiger partial charge is 0.457 e. The first kappa shape index (κ1) is 12.0. The zero-order valence-corrected chi connectivity index (χ0v) is 10.1. The summed E-state index contributed by atoms with van der Waals surface area (Å²) in [5.74, 6) is 0.188. The third-order valence-corrected chi connectivity index (χ3v) is 3.14. The van der Waals surface area contributed by atoms with E-state index in [9.17, 15) is 4.79 Å².